The van der Waals surface area contributed by atoms with Crippen LogP contribution in [0.3, 0.4) is 0 Å². The summed E-state index contributed by atoms with van der Waals surface area (Å²) in [6.45, 7) is 5.75. The van der Waals surface area contributed by atoms with Crippen molar-refractivity contribution < 1.29 is 4.39 Å². The second-order valence-electron chi connectivity index (χ2n) is 4.41. The van der Waals surface area contributed by atoms with Crippen LogP contribution in [0.2, 0.25) is 0 Å². The fourth-order valence-electron chi connectivity index (χ4n) is 1.88. The van der Waals surface area contributed by atoms with Crippen molar-refractivity contribution in [3.05, 3.63) is 77.1 Å². The van der Waals surface area contributed by atoms with Crippen LogP contribution in [-0.4, -0.2) is 0 Å². The summed E-state index contributed by atoms with van der Waals surface area (Å²) in [5, 5.41) is 0. The molecule has 0 aliphatic carbocycles. The molecule has 0 aromatic heterocycles. The summed E-state index contributed by atoms with van der Waals surface area (Å²) in [7, 11) is 0. The lowest BCUT2D eigenvalue weighted by atomic mass is 10.1. The smallest absolute Gasteiger partial charge is 0.130 e. The first-order valence-corrected chi connectivity index (χ1v) is 6.42. The molecule has 0 atom stereocenters. The van der Waals surface area contributed by atoms with Crippen molar-refractivity contribution in [2.24, 2.45) is 0 Å². The van der Waals surface area contributed by atoms with Gasteiger partial charge in [-0.15, -0.1) is 0 Å². The molecule has 0 amide bonds. The van der Waals surface area contributed by atoms with Crippen molar-refractivity contribution in [3.8, 4) is 0 Å². The van der Waals surface area contributed by atoms with Crippen LogP contribution in [0.5, 0.6) is 0 Å². The normalized spacial score (nSPS) is 10.8. The third kappa shape index (κ3) is 3.41. The first-order valence-electron chi connectivity index (χ1n) is 6.42. The molecule has 0 heterocycles. The Morgan fingerprint density at radius 3 is 2.26 bits per heavy atom. The van der Waals surface area contributed by atoms with Gasteiger partial charge in [0.05, 0.1) is 0 Å². The summed E-state index contributed by atoms with van der Waals surface area (Å²) >= 11 is 0. The lowest BCUT2D eigenvalue weighted by Gasteiger charge is -2.00. The largest absolute Gasteiger partial charge is 0.206 e. The van der Waals surface area contributed by atoms with Gasteiger partial charge in [-0.2, -0.15) is 0 Å². The van der Waals surface area contributed by atoms with Crippen LogP contribution >= 0.6 is 0 Å². The molecule has 2 rings (SSSR count). The first-order chi connectivity index (χ1) is 9.22. The van der Waals surface area contributed by atoms with Crippen molar-refractivity contribution in [2.75, 3.05) is 0 Å². The molecule has 0 aliphatic heterocycles. The molecule has 0 N–H and O–H groups in total. The summed E-state index contributed by atoms with van der Waals surface area (Å²) in [4.78, 5) is 0. The van der Waals surface area contributed by atoms with Gasteiger partial charge in [-0.05, 0) is 35.2 Å². The molecule has 0 saturated heterocycles. The van der Waals surface area contributed by atoms with E-state index >= 15 is 0 Å². The van der Waals surface area contributed by atoms with Crippen LogP contribution in [-0.2, 0) is 6.42 Å². The Hall–Kier alpha value is -2.15. The average molecular weight is 252 g/mol. The fourth-order valence-corrected chi connectivity index (χ4v) is 1.88. The number of aryl methyl sites for hydroxylation is 1. The van der Waals surface area contributed by atoms with Gasteiger partial charge < -0.3 is 0 Å². The summed E-state index contributed by atoms with van der Waals surface area (Å²) in [6, 6.07) is 13.5. The molecule has 0 radical (unpaired) electrons. The van der Waals surface area contributed by atoms with E-state index in [-0.39, 0.29) is 5.82 Å². The highest BCUT2D eigenvalue weighted by Gasteiger charge is 1.98. The zero-order chi connectivity index (χ0) is 13.7. The molecule has 0 aliphatic rings. The van der Waals surface area contributed by atoms with E-state index in [4.69, 9.17) is 0 Å². The van der Waals surface area contributed by atoms with E-state index in [1.807, 2.05) is 12.2 Å². The first kappa shape index (κ1) is 13.3. The van der Waals surface area contributed by atoms with Crippen LogP contribution in [0.4, 0.5) is 4.39 Å². The maximum absolute atomic E-state index is 13.3. The quantitative estimate of drug-likeness (QED) is 0.656. The Balaban J connectivity index is 2.19. The van der Waals surface area contributed by atoms with Gasteiger partial charge in [-0.25, -0.2) is 4.39 Å². The lowest BCUT2D eigenvalue weighted by molar-refractivity contribution is 0.625. The summed E-state index contributed by atoms with van der Waals surface area (Å²) in [5.41, 5.74) is 3.97. The molecule has 0 unspecified atom stereocenters. The summed E-state index contributed by atoms with van der Waals surface area (Å²) < 4.78 is 13.3. The van der Waals surface area contributed by atoms with E-state index in [0.717, 1.165) is 17.5 Å². The molecule has 0 saturated carbocycles. The summed E-state index contributed by atoms with van der Waals surface area (Å²) in [5.74, 6) is -0.237. The van der Waals surface area contributed by atoms with Gasteiger partial charge in [0.2, 0.25) is 0 Å². The molecule has 19 heavy (non-hydrogen) atoms. The molecule has 0 nitrogen and oxygen atoms in total. The number of hydrogen-bond acceptors (Lipinski definition) is 0. The van der Waals surface area contributed by atoms with E-state index in [1.165, 1.54) is 17.7 Å². The molecule has 1 heteroatoms. The minimum absolute atomic E-state index is 0.237. The topological polar surface area (TPSA) is 0 Å². The van der Waals surface area contributed by atoms with Crippen LogP contribution in [0.15, 0.2) is 49.0 Å². The van der Waals surface area contributed by atoms with E-state index in [2.05, 4.69) is 37.8 Å². The maximum atomic E-state index is 13.3. The van der Waals surface area contributed by atoms with E-state index in [0.29, 0.717) is 5.56 Å². The molecule has 2 aromatic carbocycles. The maximum Gasteiger partial charge on any atom is 0.130 e. The highest BCUT2D eigenvalue weighted by Crippen LogP contribution is 2.15. The van der Waals surface area contributed by atoms with Gasteiger partial charge in [0, 0.05) is 5.56 Å². The molecule has 2 aromatic rings. The second kappa shape index (κ2) is 6.14. The van der Waals surface area contributed by atoms with Gasteiger partial charge in [-0.3, -0.25) is 0 Å². The third-order valence-corrected chi connectivity index (χ3v) is 3.10. The molecular formula is C18H17F. The molecule has 0 fully saturated rings. The molecule has 0 spiro atoms. The van der Waals surface area contributed by atoms with Crippen molar-refractivity contribution in [2.45, 2.75) is 13.3 Å². The van der Waals surface area contributed by atoms with Crippen molar-refractivity contribution >= 4 is 18.2 Å². The number of rotatable bonds is 4. The molecule has 0 bridgehead atoms. The molecule has 96 valence electrons. The van der Waals surface area contributed by atoms with Crippen molar-refractivity contribution in [1.82, 2.24) is 0 Å². The molecular weight excluding hydrogens is 235 g/mol. The Morgan fingerprint density at radius 2 is 1.63 bits per heavy atom. The monoisotopic (exact) mass is 252 g/mol. The Bertz CT molecular complexity index is 592. The summed E-state index contributed by atoms with van der Waals surface area (Å²) in [6.07, 6.45) is 6.58. The minimum Gasteiger partial charge on any atom is -0.206 e. The van der Waals surface area contributed by atoms with E-state index in [9.17, 15) is 4.39 Å². The van der Waals surface area contributed by atoms with Crippen LogP contribution in [0.25, 0.3) is 18.2 Å². The number of halogens is 1. The van der Waals surface area contributed by atoms with Gasteiger partial charge in [0.15, 0.2) is 0 Å². The van der Waals surface area contributed by atoms with E-state index in [1.54, 1.807) is 12.1 Å². The average Bonchev–Trinajstić information content (AvgIpc) is 2.47. The number of hydrogen-bond donors (Lipinski definition) is 0. The Kier molecular flexibility index (Phi) is 4.30. The predicted molar refractivity (Wildman–Crippen MR) is 81.2 cm³/mol. The minimum atomic E-state index is -0.237. The standard InChI is InChI=1S/C18H17F/c1-3-14-5-7-15(8-6-14)9-10-16-11-12-18(19)17(4-2)13-16/h4-13H,2-3H2,1H3/b10-9+. The van der Waals surface area contributed by atoms with E-state index < -0.39 is 0 Å². The fraction of sp³-hybridized carbons (Fsp3) is 0.111. The zero-order valence-corrected chi connectivity index (χ0v) is 11.1. The SMILES string of the molecule is C=Cc1cc(/C=C/c2ccc(CC)cc2)ccc1F. The zero-order valence-electron chi connectivity index (χ0n) is 11.1. The highest BCUT2D eigenvalue weighted by molar-refractivity contribution is 5.71. The van der Waals surface area contributed by atoms with Gasteiger partial charge in [-0.1, -0.05) is 62.1 Å². The van der Waals surface area contributed by atoms with Gasteiger partial charge in [0.1, 0.15) is 5.82 Å². The third-order valence-electron chi connectivity index (χ3n) is 3.10. The van der Waals surface area contributed by atoms with Crippen LogP contribution < -0.4 is 0 Å². The number of benzene rings is 2. The van der Waals surface area contributed by atoms with Crippen molar-refractivity contribution in [3.63, 3.8) is 0 Å². The highest BCUT2D eigenvalue weighted by atomic mass is 19.1. The Labute approximate surface area is 113 Å². The van der Waals surface area contributed by atoms with Crippen LogP contribution in [0, 0.1) is 5.82 Å². The predicted octanol–water partition coefficient (Wildman–Crippen LogP) is 5.20. The lowest BCUT2D eigenvalue weighted by Crippen LogP contribution is -1.83. The second-order valence-corrected chi connectivity index (χ2v) is 4.41. The van der Waals surface area contributed by atoms with Gasteiger partial charge in [0.25, 0.3) is 0 Å². The Morgan fingerprint density at radius 1 is 1.00 bits per heavy atom. The van der Waals surface area contributed by atoms with Gasteiger partial charge >= 0.3 is 0 Å². The van der Waals surface area contributed by atoms with Crippen LogP contribution in [0.1, 0.15) is 29.2 Å². The van der Waals surface area contributed by atoms with Crippen molar-refractivity contribution in [1.29, 1.82) is 0 Å².